The fourth-order valence-electron chi connectivity index (χ4n) is 3.15. The predicted octanol–water partition coefficient (Wildman–Crippen LogP) is 1.81. The lowest BCUT2D eigenvalue weighted by Gasteiger charge is -2.34. The maximum atomic E-state index is 9.47. The number of aliphatic hydroxyl groups is 1. The van der Waals surface area contributed by atoms with Crippen molar-refractivity contribution in [1.82, 2.24) is 20.1 Å². The lowest BCUT2D eigenvalue weighted by molar-refractivity contribution is 0.0939. The molecule has 1 fully saturated rings. The predicted molar refractivity (Wildman–Crippen MR) is 96.6 cm³/mol. The van der Waals surface area contributed by atoms with E-state index in [1.54, 1.807) is 13.3 Å². The van der Waals surface area contributed by atoms with Crippen molar-refractivity contribution in [1.29, 1.82) is 0 Å². The fraction of sp³-hybridized carbons (Fsp3) is 0.500. The number of nitrogens with one attached hydrogen (secondary N) is 1. The zero-order valence-electron chi connectivity index (χ0n) is 14.6. The Bertz CT molecular complexity index is 665. The quantitative estimate of drug-likeness (QED) is 0.793. The summed E-state index contributed by atoms with van der Waals surface area (Å²) in [6, 6.07) is 7.98. The number of benzene rings is 1. The highest BCUT2D eigenvalue weighted by molar-refractivity contribution is 5.60. The highest BCUT2D eigenvalue weighted by Crippen LogP contribution is 2.20. The Kier molecular flexibility index (Phi) is 6.14. The summed E-state index contributed by atoms with van der Waals surface area (Å²) in [6.07, 6.45) is 5.12. The fourth-order valence-corrected chi connectivity index (χ4v) is 3.15. The number of aromatic nitrogens is 3. The van der Waals surface area contributed by atoms with Gasteiger partial charge in [-0.2, -0.15) is 5.10 Å². The van der Waals surface area contributed by atoms with Crippen LogP contribution in [0.2, 0.25) is 0 Å². The minimum Gasteiger partial charge on any atom is -0.497 e. The van der Waals surface area contributed by atoms with E-state index in [9.17, 15) is 5.11 Å². The molecule has 0 amide bonds. The van der Waals surface area contributed by atoms with E-state index in [1.165, 1.54) is 12.8 Å². The monoisotopic (exact) mass is 343 g/mol. The van der Waals surface area contributed by atoms with Gasteiger partial charge in [0.1, 0.15) is 5.75 Å². The molecule has 0 bridgehead atoms. The number of nitrogens with zero attached hydrogens (tertiary/aromatic N) is 4. The number of anilines is 1. The minimum atomic E-state index is 0.227. The normalized spacial score (nSPS) is 18.1. The molecule has 1 aromatic carbocycles. The number of hydrogen-bond acceptors (Lipinski definition) is 7. The van der Waals surface area contributed by atoms with Crippen molar-refractivity contribution < 1.29 is 9.84 Å². The molecule has 2 heterocycles. The Balaban J connectivity index is 1.58. The third kappa shape index (κ3) is 4.64. The van der Waals surface area contributed by atoms with E-state index < -0.39 is 0 Å². The molecule has 1 unspecified atom stereocenters. The Morgan fingerprint density at radius 3 is 2.88 bits per heavy atom. The summed E-state index contributed by atoms with van der Waals surface area (Å²) in [6.45, 7) is 2.86. The van der Waals surface area contributed by atoms with E-state index in [0.29, 0.717) is 5.95 Å². The zero-order valence-corrected chi connectivity index (χ0v) is 14.6. The molecule has 1 aliphatic rings. The van der Waals surface area contributed by atoms with Crippen LogP contribution in [0.3, 0.4) is 0 Å². The molecule has 134 valence electrons. The van der Waals surface area contributed by atoms with Crippen LogP contribution in [0.25, 0.3) is 11.3 Å². The first-order valence-corrected chi connectivity index (χ1v) is 8.73. The molecule has 1 aliphatic heterocycles. The summed E-state index contributed by atoms with van der Waals surface area (Å²) in [5.41, 5.74) is 1.74. The molecule has 0 spiro atoms. The average Bonchev–Trinajstić information content (AvgIpc) is 2.69. The van der Waals surface area contributed by atoms with E-state index in [2.05, 4.69) is 25.4 Å². The average molecular weight is 343 g/mol. The van der Waals surface area contributed by atoms with Gasteiger partial charge in [-0.25, -0.2) is 4.98 Å². The van der Waals surface area contributed by atoms with Gasteiger partial charge in [-0.15, -0.1) is 5.10 Å². The smallest absolute Gasteiger partial charge is 0.243 e. The number of likely N-dealkylation sites (tertiary alicyclic amines) is 1. The number of hydrogen-bond donors (Lipinski definition) is 2. The second kappa shape index (κ2) is 8.73. The minimum absolute atomic E-state index is 0.227. The van der Waals surface area contributed by atoms with Crippen LogP contribution in [0.15, 0.2) is 30.5 Å². The van der Waals surface area contributed by atoms with Gasteiger partial charge in [0.2, 0.25) is 5.95 Å². The molecule has 0 saturated carbocycles. The SMILES string of the molecule is COc1ccc(-c2cnnc(NCCN3CCCCC3CO)n2)cc1. The first-order chi connectivity index (χ1) is 12.3. The van der Waals surface area contributed by atoms with E-state index in [0.717, 1.165) is 43.1 Å². The molecular weight excluding hydrogens is 318 g/mol. The van der Waals surface area contributed by atoms with Crippen LogP contribution in [-0.4, -0.2) is 64.6 Å². The number of ether oxygens (including phenoxy) is 1. The molecule has 7 nitrogen and oxygen atoms in total. The number of methoxy groups -OCH3 is 1. The molecule has 1 saturated heterocycles. The second-order valence-corrected chi connectivity index (χ2v) is 6.19. The van der Waals surface area contributed by atoms with Crippen LogP contribution in [-0.2, 0) is 0 Å². The van der Waals surface area contributed by atoms with Crippen molar-refractivity contribution in [3.05, 3.63) is 30.5 Å². The van der Waals surface area contributed by atoms with E-state index >= 15 is 0 Å². The van der Waals surface area contributed by atoms with Gasteiger partial charge in [0.25, 0.3) is 0 Å². The molecule has 2 N–H and O–H groups in total. The van der Waals surface area contributed by atoms with E-state index in [1.807, 2.05) is 24.3 Å². The van der Waals surface area contributed by atoms with Crippen molar-refractivity contribution in [3.8, 4) is 17.0 Å². The van der Waals surface area contributed by atoms with Crippen molar-refractivity contribution in [3.63, 3.8) is 0 Å². The molecule has 25 heavy (non-hydrogen) atoms. The van der Waals surface area contributed by atoms with E-state index in [-0.39, 0.29) is 12.6 Å². The number of aliphatic hydroxyl groups excluding tert-OH is 1. The highest BCUT2D eigenvalue weighted by Gasteiger charge is 2.20. The topological polar surface area (TPSA) is 83.4 Å². The first kappa shape index (κ1) is 17.6. The number of rotatable bonds is 7. The van der Waals surface area contributed by atoms with Crippen molar-refractivity contribution in [2.24, 2.45) is 0 Å². The third-order valence-corrected chi connectivity index (χ3v) is 4.59. The second-order valence-electron chi connectivity index (χ2n) is 6.19. The van der Waals surface area contributed by atoms with Gasteiger partial charge < -0.3 is 15.2 Å². The van der Waals surface area contributed by atoms with Crippen molar-refractivity contribution >= 4 is 5.95 Å². The summed E-state index contributed by atoms with van der Waals surface area (Å²) < 4.78 is 5.17. The van der Waals surface area contributed by atoms with Gasteiger partial charge in [-0.05, 0) is 43.7 Å². The van der Waals surface area contributed by atoms with Crippen LogP contribution in [0.5, 0.6) is 5.75 Å². The van der Waals surface area contributed by atoms with Crippen LogP contribution in [0.1, 0.15) is 19.3 Å². The molecule has 2 aromatic rings. The van der Waals surface area contributed by atoms with Gasteiger partial charge in [0.15, 0.2) is 0 Å². The van der Waals surface area contributed by atoms with Gasteiger partial charge in [-0.3, -0.25) is 4.90 Å². The van der Waals surface area contributed by atoms with Crippen LogP contribution in [0, 0.1) is 0 Å². The Morgan fingerprint density at radius 1 is 1.28 bits per heavy atom. The summed E-state index contributed by atoms with van der Waals surface area (Å²) in [4.78, 5) is 6.86. The molecular formula is C18H25N5O2. The van der Waals surface area contributed by atoms with Crippen LogP contribution < -0.4 is 10.1 Å². The van der Waals surface area contributed by atoms with Gasteiger partial charge in [0.05, 0.1) is 25.6 Å². The van der Waals surface area contributed by atoms with Gasteiger partial charge in [-0.1, -0.05) is 6.42 Å². The Labute approximate surface area is 148 Å². The maximum absolute atomic E-state index is 9.47. The van der Waals surface area contributed by atoms with Crippen LogP contribution >= 0.6 is 0 Å². The molecule has 0 aliphatic carbocycles. The maximum Gasteiger partial charge on any atom is 0.243 e. The van der Waals surface area contributed by atoms with Crippen molar-refractivity contribution in [2.45, 2.75) is 25.3 Å². The standard InChI is InChI=1S/C18H25N5O2/c1-25-16-7-5-14(6-8-16)17-12-20-22-18(21-17)19-9-11-23-10-3-2-4-15(23)13-24/h5-8,12,15,24H,2-4,9-11,13H2,1H3,(H,19,21,22). The summed E-state index contributed by atoms with van der Waals surface area (Å²) >= 11 is 0. The Hall–Kier alpha value is -2.25. The lowest BCUT2D eigenvalue weighted by atomic mass is 10.0. The van der Waals surface area contributed by atoms with Crippen LogP contribution in [0.4, 0.5) is 5.95 Å². The highest BCUT2D eigenvalue weighted by atomic mass is 16.5. The van der Waals surface area contributed by atoms with Crippen molar-refractivity contribution in [2.75, 3.05) is 38.7 Å². The summed E-state index contributed by atoms with van der Waals surface area (Å²) in [5, 5.41) is 20.8. The Morgan fingerprint density at radius 2 is 2.12 bits per heavy atom. The summed E-state index contributed by atoms with van der Waals surface area (Å²) in [7, 11) is 1.65. The molecule has 3 rings (SSSR count). The van der Waals surface area contributed by atoms with Gasteiger partial charge in [0, 0.05) is 24.7 Å². The molecule has 7 heteroatoms. The molecule has 0 radical (unpaired) electrons. The first-order valence-electron chi connectivity index (χ1n) is 8.73. The summed E-state index contributed by atoms with van der Waals surface area (Å²) in [5.74, 6) is 1.33. The number of piperidine rings is 1. The lowest BCUT2D eigenvalue weighted by Crippen LogP contribution is -2.44. The largest absolute Gasteiger partial charge is 0.497 e. The van der Waals surface area contributed by atoms with Gasteiger partial charge >= 0.3 is 0 Å². The molecule has 1 atom stereocenters. The van der Waals surface area contributed by atoms with E-state index in [4.69, 9.17) is 4.74 Å². The zero-order chi connectivity index (χ0) is 17.5. The molecule has 1 aromatic heterocycles. The third-order valence-electron chi connectivity index (χ3n) is 4.59.